The van der Waals surface area contributed by atoms with Crippen molar-refractivity contribution in [3.05, 3.63) is 71.8 Å². The van der Waals surface area contributed by atoms with E-state index in [9.17, 15) is 14.7 Å². The van der Waals surface area contributed by atoms with Crippen molar-refractivity contribution < 1.29 is 19.4 Å². The Kier molecular flexibility index (Phi) is 4.93. The van der Waals surface area contributed by atoms with Crippen LogP contribution in [0.3, 0.4) is 0 Å². The molecule has 6 nitrogen and oxygen atoms in total. The first-order valence-corrected chi connectivity index (χ1v) is 9.24. The minimum Gasteiger partial charge on any atom is -0.437 e. The quantitative estimate of drug-likeness (QED) is 0.828. The number of nitrogens with one attached hydrogen (secondary N) is 1. The number of hydrogen-bond acceptors (Lipinski definition) is 4. The Labute approximate surface area is 165 Å². The Bertz CT molecular complexity index is 865. The summed E-state index contributed by atoms with van der Waals surface area (Å²) in [6.07, 6.45) is -0.430. The fourth-order valence-electron chi connectivity index (χ4n) is 3.70. The second-order valence-electron chi connectivity index (χ2n) is 8.19. The van der Waals surface area contributed by atoms with Crippen LogP contribution in [0.1, 0.15) is 50.0 Å². The van der Waals surface area contributed by atoms with Gasteiger partial charge in [0.05, 0.1) is 0 Å². The predicted molar refractivity (Wildman–Crippen MR) is 105 cm³/mol. The first kappa shape index (κ1) is 19.9. The zero-order valence-electron chi connectivity index (χ0n) is 16.6. The highest BCUT2D eigenvalue weighted by Gasteiger charge is 2.61. The summed E-state index contributed by atoms with van der Waals surface area (Å²) in [6.45, 7) is 7.22. The second-order valence-corrected chi connectivity index (χ2v) is 8.19. The third-order valence-corrected chi connectivity index (χ3v) is 5.52. The molecule has 1 fully saturated rings. The van der Waals surface area contributed by atoms with Crippen molar-refractivity contribution in [2.45, 2.75) is 50.9 Å². The average molecular weight is 382 g/mol. The van der Waals surface area contributed by atoms with Gasteiger partial charge in [-0.25, -0.2) is 4.79 Å². The number of carbonyl (C=O) groups is 2. The minimum atomic E-state index is -1.74. The number of rotatable bonds is 5. The first-order chi connectivity index (χ1) is 13.1. The average Bonchev–Trinajstić information content (AvgIpc) is 2.81. The smallest absolute Gasteiger partial charge is 0.432 e. The van der Waals surface area contributed by atoms with E-state index in [0.717, 1.165) is 10.6 Å². The van der Waals surface area contributed by atoms with E-state index in [4.69, 9.17) is 4.74 Å². The summed E-state index contributed by atoms with van der Waals surface area (Å²) in [6, 6.07) is 18.3. The van der Waals surface area contributed by atoms with Crippen molar-refractivity contribution in [1.82, 2.24) is 10.4 Å². The summed E-state index contributed by atoms with van der Waals surface area (Å²) in [5, 5.41) is 12.1. The van der Waals surface area contributed by atoms with Crippen molar-refractivity contribution in [3.8, 4) is 0 Å². The molecule has 2 amide bonds. The molecule has 6 heteroatoms. The van der Waals surface area contributed by atoms with E-state index < -0.39 is 23.3 Å². The van der Waals surface area contributed by atoms with Crippen LogP contribution in [0.5, 0.6) is 0 Å². The molecule has 2 aromatic rings. The van der Waals surface area contributed by atoms with Crippen LogP contribution in [-0.2, 0) is 10.2 Å². The fourth-order valence-corrected chi connectivity index (χ4v) is 3.70. The third kappa shape index (κ3) is 3.47. The van der Waals surface area contributed by atoms with E-state index >= 15 is 0 Å². The Morgan fingerprint density at radius 3 is 2.18 bits per heavy atom. The number of aliphatic hydroxyl groups is 1. The highest BCUT2D eigenvalue weighted by molar-refractivity contribution is 5.95. The van der Waals surface area contributed by atoms with E-state index in [1.165, 1.54) is 6.92 Å². The summed E-state index contributed by atoms with van der Waals surface area (Å²) >= 11 is 0. The molecule has 0 saturated carbocycles. The zero-order valence-corrected chi connectivity index (χ0v) is 16.6. The fraction of sp³-hybridized carbons (Fsp3) is 0.364. The first-order valence-electron chi connectivity index (χ1n) is 9.24. The SMILES string of the molecule is CC(C)(C[C@]1(C)OC(=O)N(NC(=O)c2ccccc2)[C@@]1(C)O)c1ccccc1. The lowest BCUT2D eigenvalue weighted by Gasteiger charge is -2.41. The molecule has 3 rings (SSSR count). The molecule has 1 heterocycles. The van der Waals surface area contributed by atoms with Gasteiger partial charge in [-0.2, -0.15) is 5.01 Å². The molecule has 1 saturated heterocycles. The van der Waals surface area contributed by atoms with Gasteiger partial charge in [0.25, 0.3) is 5.91 Å². The highest BCUT2D eigenvalue weighted by atomic mass is 16.6. The maximum Gasteiger partial charge on any atom is 0.432 e. The number of hydrogen-bond donors (Lipinski definition) is 2. The molecule has 0 radical (unpaired) electrons. The van der Waals surface area contributed by atoms with Crippen LogP contribution >= 0.6 is 0 Å². The van der Waals surface area contributed by atoms with Gasteiger partial charge in [-0.1, -0.05) is 62.4 Å². The topological polar surface area (TPSA) is 78.9 Å². The Hall–Kier alpha value is -2.86. The lowest BCUT2D eigenvalue weighted by molar-refractivity contribution is -0.153. The van der Waals surface area contributed by atoms with E-state index in [-0.39, 0.29) is 5.41 Å². The minimum absolute atomic E-state index is 0.362. The molecule has 0 bridgehead atoms. The summed E-state index contributed by atoms with van der Waals surface area (Å²) in [7, 11) is 0. The van der Waals surface area contributed by atoms with Crippen LogP contribution in [0.15, 0.2) is 60.7 Å². The Morgan fingerprint density at radius 2 is 1.61 bits per heavy atom. The molecular formula is C22H26N2O4. The van der Waals surface area contributed by atoms with Gasteiger partial charge < -0.3 is 9.84 Å². The van der Waals surface area contributed by atoms with Gasteiger partial charge in [0.1, 0.15) is 0 Å². The highest BCUT2D eigenvalue weighted by Crippen LogP contribution is 2.44. The molecule has 0 spiro atoms. The van der Waals surface area contributed by atoms with Gasteiger partial charge in [-0.05, 0) is 37.0 Å². The van der Waals surface area contributed by atoms with Crippen LogP contribution in [0.25, 0.3) is 0 Å². The van der Waals surface area contributed by atoms with Gasteiger partial charge in [-0.15, -0.1) is 0 Å². The Balaban J connectivity index is 1.84. The molecule has 2 atom stereocenters. The van der Waals surface area contributed by atoms with Gasteiger partial charge in [-0.3, -0.25) is 10.2 Å². The van der Waals surface area contributed by atoms with Crippen LogP contribution in [0.2, 0.25) is 0 Å². The largest absolute Gasteiger partial charge is 0.437 e. The lowest BCUT2D eigenvalue weighted by atomic mass is 9.73. The number of carbonyl (C=O) groups excluding carboxylic acids is 2. The molecule has 0 aromatic heterocycles. The van der Waals surface area contributed by atoms with Crippen LogP contribution in [-0.4, -0.2) is 33.4 Å². The monoisotopic (exact) mass is 382 g/mol. The molecule has 148 valence electrons. The van der Waals surface area contributed by atoms with Crippen molar-refractivity contribution in [2.24, 2.45) is 0 Å². The number of nitrogens with zero attached hydrogens (tertiary/aromatic N) is 1. The van der Waals surface area contributed by atoms with Gasteiger partial charge >= 0.3 is 6.09 Å². The van der Waals surface area contributed by atoms with E-state index in [1.807, 2.05) is 44.2 Å². The predicted octanol–water partition coefficient (Wildman–Crippen LogP) is 3.62. The molecule has 2 N–H and O–H groups in total. The summed E-state index contributed by atoms with van der Waals surface area (Å²) in [5.41, 5.74) is 0.590. The van der Waals surface area contributed by atoms with Gasteiger partial charge in [0.2, 0.25) is 0 Å². The molecule has 28 heavy (non-hydrogen) atoms. The molecule has 1 aliphatic heterocycles. The standard InChI is InChI=1S/C22H26N2O4/c1-20(2,17-13-9-6-10-14-17)15-21(3)22(4,27)24(19(26)28-21)23-18(25)16-11-7-5-8-12-16/h5-14,27H,15H2,1-4H3,(H,23,25)/t21-,22-/m0/s1. The maximum absolute atomic E-state index is 12.5. The van der Waals surface area contributed by atoms with Crippen molar-refractivity contribution >= 4 is 12.0 Å². The van der Waals surface area contributed by atoms with Crippen LogP contribution in [0.4, 0.5) is 4.79 Å². The number of ether oxygens (including phenoxy) is 1. The summed E-state index contributed by atoms with van der Waals surface area (Å²) in [4.78, 5) is 25.0. The second kappa shape index (κ2) is 6.95. The zero-order chi connectivity index (χ0) is 20.6. The van der Waals surface area contributed by atoms with Crippen LogP contribution in [0, 0.1) is 0 Å². The van der Waals surface area contributed by atoms with Crippen molar-refractivity contribution in [3.63, 3.8) is 0 Å². The summed E-state index contributed by atoms with van der Waals surface area (Å²) < 4.78 is 5.59. The maximum atomic E-state index is 12.5. The van der Waals surface area contributed by atoms with Gasteiger partial charge in [0.15, 0.2) is 11.3 Å². The van der Waals surface area contributed by atoms with Crippen LogP contribution < -0.4 is 5.43 Å². The van der Waals surface area contributed by atoms with E-state index in [0.29, 0.717) is 12.0 Å². The molecular weight excluding hydrogens is 356 g/mol. The normalized spacial score (nSPS) is 24.8. The molecule has 0 unspecified atom stereocenters. The van der Waals surface area contributed by atoms with Crippen molar-refractivity contribution in [1.29, 1.82) is 0 Å². The number of amides is 2. The van der Waals surface area contributed by atoms with E-state index in [1.54, 1.807) is 37.3 Å². The molecule has 2 aromatic carbocycles. The van der Waals surface area contributed by atoms with Crippen molar-refractivity contribution in [2.75, 3.05) is 0 Å². The molecule has 1 aliphatic rings. The number of cyclic esters (lactones) is 1. The third-order valence-electron chi connectivity index (χ3n) is 5.52. The Morgan fingerprint density at radius 1 is 1.07 bits per heavy atom. The number of hydrazine groups is 1. The molecule has 0 aliphatic carbocycles. The van der Waals surface area contributed by atoms with Gasteiger partial charge in [0, 0.05) is 12.0 Å². The number of benzene rings is 2. The summed E-state index contributed by atoms with van der Waals surface area (Å²) in [5.74, 6) is -0.496. The lowest BCUT2D eigenvalue weighted by Crippen LogP contribution is -2.61. The van der Waals surface area contributed by atoms with E-state index in [2.05, 4.69) is 5.43 Å².